The molecule has 4 aromatic carbocycles. The number of rotatable bonds is 8. The summed E-state index contributed by atoms with van der Waals surface area (Å²) < 4.78 is 52.0. The molecule has 0 bridgehead atoms. The Bertz CT molecular complexity index is 2790. The number of fused-ring (bicyclic) bond motifs is 2. The van der Waals surface area contributed by atoms with Crippen molar-refractivity contribution in [3.63, 3.8) is 0 Å². The van der Waals surface area contributed by atoms with Crippen LogP contribution >= 0.6 is 0 Å². The molecule has 0 spiro atoms. The predicted molar refractivity (Wildman–Crippen MR) is 304 cm³/mol. The van der Waals surface area contributed by atoms with Gasteiger partial charge < -0.3 is 47.7 Å². The van der Waals surface area contributed by atoms with Crippen molar-refractivity contribution in [2.45, 2.75) is 188 Å². The zero-order valence-electron chi connectivity index (χ0n) is 49.6. The van der Waals surface area contributed by atoms with Crippen LogP contribution in [0.2, 0.25) is 0 Å². The minimum Gasteiger partial charge on any atom is -0.458 e. The van der Waals surface area contributed by atoms with Crippen LogP contribution < -0.4 is 0 Å². The first-order valence-corrected chi connectivity index (χ1v) is 27.9. The van der Waals surface area contributed by atoms with Gasteiger partial charge in [0.1, 0.15) is 40.7 Å². The first-order chi connectivity index (χ1) is 37.9. The summed E-state index contributed by atoms with van der Waals surface area (Å²) in [5.74, 6) is -2.32. The largest absolute Gasteiger partial charge is 0.458 e. The maximum absolute atomic E-state index is 13.7. The van der Waals surface area contributed by atoms with E-state index in [2.05, 4.69) is 30.3 Å². The number of nitrogens with zero attached hydrogens (tertiary/aromatic N) is 2. The van der Waals surface area contributed by atoms with E-state index in [9.17, 15) is 33.9 Å². The number of carbonyl (C=O) groups excluding carboxylic acids is 6. The summed E-state index contributed by atoms with van der Waals surface area (Å²) in [5.41, 5.74) is -1.58. The molecule has 0 aromatic heterocycles. The van der Waals surface area contributed by atoms with Gasteiger partial charge in [-0.1, -0.05) is 97.1 Å². The summed E-state index contributed by atoms with van der Waals surface area (Å²) in [6.07, 6.45) is -0.499. The van der Waals surface area contributed by atoms with Crippen LogP contribution in [0.25, 0.3) is 21.5 Å². The van der Waals surface area contributed by atoms with E-state index in [1.165, 1.54) is 0 Å². The minimum absolute atomic E-state index is 0.0678. The van der Waals surface area contributed by atoms with E-state index in [1.807, 2.05) is 66.7 Å². The molecule has 1 aliphatic carbocycles. The van der Waals surface area contributed by atoms with Gasteiger partial charge in [0.2, 0.25) is 0 Å². The van der Waals surface area contributed by atoms with Crippen LogP contribution in [0.4, 0.5) is 19.2 Å². The molecule has 1 unspecified atom stereocenters. The normalized spacial score (nSPS) is 24.0. The summed E-state index contributed by atoms with van der Waals surface area (Å²) in [4.78, 5) is 81.0. The number of carbonyl (C=O) groups is 6. The highest BCUT2D eigenvalue weighted by Gasteiger charge is 2.46. The van der Waals surface area contributed by atoms with Gasteiger partial charge in [0, 0.05) is 11.8 Å². The second kappa shape index (κ2) is 27.0. The second-order valence-corrected chi connectivity index (χ2v) is 24.9. The van der Waals surface area contributed by atoms with E-state index in [1.54, 1.807) is 96.9 Å². The number of allylic oxidation sites excluding steroid dienone is 1. The molecule has 9 atom stereocenters. The summed E-state index contributed by atoms with van der Waals surface area (Å²) >= 11 is 0. The van der Waals surface area contributed by atoms with Crippen LogP contribution in [-0.2, 0) is 65.1 Å². The lowest BCUT2D eigenvalue weighted by molar-refractivity contribution is -0.165. The molecule has 0 saturated carbocycles. The van der Waals surface area contributed by atoms with E-state index in [-0.39, 0.29) is 38.4 Å². The van der Waals surface area contributed by atoms with Gasteiger partial charge in [0.05, 0.1) is 38.6 Å². The number of hydrogen-bond acceptors (Lipinski definition) is 16. The highest BCUT2D eigenvalue weighted by molar-refractivity contribution is 5.95. The quantitative estimate of drug-likeness (QED) is 0.0987. The van der Waals surface area contributed by atoms with E-state index in [0.29, 0.717) is 22.6 Å². The number of esters is 2. The van der Waals surface area contributed by atoms with Gasteiger partial charge in [-0.3, -0.25) is 0 Å². The molecule has 3 aliphatic rings. The first kappa shape index (κ1) is 63.6. The number of amides is 4. The van der Waals surface area contributed by atoms with Gasteiger partial charge in [-0.2, -0.15) is 9.80 Å². The minimum atomic E-state index is -1.47. The van der Waals surface area contributed by atoms with Crippen molar-refractivity contribution in [3.8, 4) is 0 Å². The molecule has 18 heteroatoms. The fraction of sp³-hybridized carbons (Fsp3) is 0.556. The van der Waals surface area contributed by atoms with E-state index < -0.39 is 101 Å². The van der Waals surface area contributed by atoms with Crippen molar-refractivity contribution in [1.29, 1.82) is 0 Å². The highest BCUT2D eigenvalue weighted by Crippen LogP contribution is 2.32. The highest BCUT2D eigenvalue weighted by atomic mass is 16.6. The Balaban J connectivity index is 0.000000263. The van der Waals surface area contributed by atoms with Gasteiger partial charge in [-0.25, -0.2) is 28.8 Å². The molecule has 18 nitrogen and oxygen atoms in total. The summed E-state index contributed by atoms with van der Waals surface area (Å²) in [7, 11) is 0. The number of cyclic esters (lactones) is 2. The van der Waals surface area contributed by atoms with E-state index >= 15 is 0 Å². The Morgan fingerprint density at radius 3 is 1.32 bits per heavy atom. The lowest BCUT2D eigenvalue weighted by atomic mass is 9.89. The monoisotopic (exact) mass is 1120 g/mol. The van der Waals surface area contributed by atoms with Crippen LogP contribution in [0.5, 0.6) is 0 Å². The third kappa shape index (κ3) is 18.5. The Morgan fingerprint density at radius 2 is 0.914 bits per heavy atom. The second-order valence-electron chi connectivity index (χ2n) is 24.9. The average Bonchev–Trinajstić information content (AvgIpc) is 3.97. The fourth-order valence-electron chi connectivity index (χ4n) is 9.68. The van der Waals surface area contributed by atoms with Gasteiger partial charge in [0.15, 0.2) is 12.1 Å². The lowest BCUT2D eigenvalue weighted by Gasteiger charge is -2.33. The van der Waals surface area contributed by atoms with Gasteiger partial charge >= 0.3 is 36.3 Å². The topological polar surface area (TPSA) is 212 Å². The molecule has 0 radical (unpaired) electrons. The van der Waals surface area contributed by atoms with Crippen LogP contribution in [-0.4, -0.2) is 143 Å². The Morgan fingerprint density at radius 1 is 0.531 bits per heavy atom. The third-order valence-electron chi connectivity index (χ3n) is 13.3. The average molecular weight is 1130 g/mol. The number of aliphatic hydroxyl groups excluding tert-OH is 1. The van der Waals surface area contributed by atoms with Crippen molar-refractivity contribution >= 4 is 57.9 Å². The molecule has 1 N–H and O–H groups in total. The van der Waals surface area contributed by atoms with Crippen molar-refractivity contribution < 1.29 is 76.5 Å². The van der Waals surface area contributed by atoms with Gasteiger partial charge in [-0.15, -0.1) is 0 Å². The van der Waals surface area contributed by atoms with Crippen LogP contribution in [0.15, 0.2) is 97.1 Å². The number of imide groups is 2. The molecule has 2 saturated heterocycles. The molecular formula is C63H84N2O16. The Labute approximate surface area is 476 Å². The fourth-order valence-corrected chi connectivity index (χ4v) is 9.68. The smallest absolute Gasteiger partial charge is 0.420 e. The van der Waals surface area contributed by atoms with Crippen LogP contribution in [0.1, 0.15) is 121 Å². The molecule has 2 aliphatic heterocycles. The van der Waals surface area contributed by atoms with Crippen LogP contribution in [0.3, 0.4) is 0 Å². The van der Waals surface area contributed by atoms with Crippen molar-refractivity contribution in [2.75, 3.05) is 26.4 Å². The lowest BCUT2D eigenvalue weighted by Crippen LogP contribution is -2.54. The van der Waals surface area contributed by atoms with Crippen molar-refractivity contribution in [2.24, 2.45) is 11.8 Å². The zero-order chi connectivity index (χ0) is 59.6. The van der Waals surface area contributed by atoms with Gasteiger partial charge in [-0.05, 0) is 155 Å². The number of benzene rings is 4. The maximum Gasteiger partial charge on any atom is 0.420 e. The molecule has 4 aromatic rings. The first-order valence-electron chi connectivity index (χ1n) is 27.9. The van der Waals surface area contributed by atoms with Gasteiger partial charge in [0.25, 0.3) is 0 Å². The van der Waals surface area contributed by atoms with Crippen LogP contribution in [0, 0.1) is 11.8 Å². The molecule has 4 amide bonds. The molecule has 442 valence electrons. The SMILES string of the molecule is C[C@@H]1OC(=O)[C@@H](N(C(=O)OC(C)(C)C)C(=O)OC(C)(C)C)COC[C@H](Cc2cccc3ccccc23)[C@H]1O.C[C@@H]1OC(=O)[C@@H](N(C(=O)OC(C)(C)C)C(=O)OC(C)(C)C)COC[C@H](Cc2cccc3ccccc23)[C@H]1OC1C=CCC1. The molecule has 2 fully saturated rings. The Hall–Kier alpha value is -6.60. The zero-order valence-corrected chi connectivity index (χ0v) is 49.6. The van der Waals surface area contributed by atoms with E-state index in [0.717, 1.165) is 45.5 Å². The van der Waals surface area contributed by atoms with Crippen molar-refractivity contribution in [1.82, 2.24) is 9.80 Å². The molecule has 2 heterocycles. The summed E-state index contributed by atoms with van der Waals surface area (Å²) in [5, 5.41) is 15.5. The number of hydrogen-bond donors (Lipinski definition) is 1. The molecule has 81 heavy (non-hydrogen) atoms. The van der Waals surface area contributed by atoms with Crippen molar-refractivity contribution in [3.05, 3.63) is 108 Å². The summed E-state index contributed by atoms with van der Waals surface area (Å²) in [6.45, 7) is 22.9. The molecule has 7 rings (SSSR count). The number of aliphatic hydroxyl groups is 1. The van der Waals surface area contributed by atoms with E-state index in [4.69, 9.17) is 42.6 Å². The maximum atomic E-state index is 13.7. The number of ether oxygens (including phenoxy) is 9. The summed E-state index contributed by atoms with van der Waals surface area (Å²) in [6, 6.07) is 25.4. The standard InChI is InChI=1S/C34H45NO8.C29H39NO8/c1-22-29(41-26-16-9-10-17-26)25(19-24-15-12-14-23-13-8-11-18-27(23)24)20-39-21-28(30(36)40-22)35(31(37)42-33(2,3)4)32(38)43-34(5,6)7;1-18-24(31)21(15-20-13-10-12-19-11-8-9-14-22(19)20)16-35-17-23(25(32)36-18)30(26(33)37-28(2,3)4)27(34)38-29(5,6)7/h8-9,11-16,18,22,25-26,28-29H,10,17,19-21H2,1-7H3;8-14,18,21,23-24,31H,15-17H2,1-7H3/t22-,25-,26?,28-,29-;18-,21-,23-,24-/m00/s1. The Kier molecular flexibility index (Phi) is 21.2. The third-order valence-corrected chi connectivity index (χ3v) is 13.3. The molecular weight excluding hydrogens is 1040 g/mol. The predicted octanol–water partition coefficient (Wildman–Crippen LogP) is 11.5.